The molecule has 0 bridgehead atoms. The van der Waals surface area contributed by atoms with Gasteiger partial charge in [0, 0.05) is 10.9 Å². The van der Waals surface area contributed by atoms with Crippen LogP contribution in [-0.4, -0.2) is 10.2 Å². The minimum absolute atomic E-state index is 0.0956. The highest BCUT2D eigenvalue weighted by atomic mass is 16.1. The Morgan fingerprint density at radius 1 is 0.864 bits per heavy atom. The monoisotopic (exact) mass is 290 g/mol. The summed E-state index contributed by atoms with van der Waals surface area (Å²) in [6, 6.07) is 14.3. The zero-order valence-electron chi connectivity index (χ0n) is 12.4. The van der Waals surface area contributed by atoms with Crippen molar-refractivity contribution in [3.8, 4) is 11.3 Å². The molecule has 22 heavy (non-hydrogen) atoms. The Morgan fingerprint density at radius 3 is 2.27 bits per heavy atom. The van der Waals surface area contributed by atoms with Gasteiger partial charge in [-0.3, -0.25) is 4.79 Å². The molecule has 0 spiro atoms. The molecule has 0 radical (unpaired) electrons. The number of H-pyrrole nitrogens is 1. The van der Waals surface area contributed by atoms with E-state index in [4.69, 9.17) is 0 Å². The van der Waals surface area contributed by atoms with Crippen molar-refractivity contribution in [2.75, 3.05) is 0 Å². The lowest BCUT2D eigenvalue weighted by molar-refractivity contribution is 0.712. The van der Waals surface area contributed by atoms with Gasteiger partial charge in [0.15, 0.2) is 0 Å². The van der Waals surface area contributed by atoms with Crippen LogP contribution in [0.2, 0.25) is 0 Å². The van der Waals surface area contributed by atoms with Crippen molar-refractivity contribution in [1.29, 1.82) is 0 Å². The molecule has 2 aromatic carbocycles. The lowest BCUT2D eigenvalue weighted by Crippen LogP contribution is -2.10. The normalized spacial score (nSPS) is 14.5. The molecule has 1 N–H and O–H groups in total. The minimum atomic E-state index is -0.0956. The number of fused-ring (bicyclic) bond motifs is 2. The van der Waals surface area contributed by atoms with Crippen LogP contribution in [0.15, 0.2) is 47.3 Å². The summed E-state index contributed by atoms with van der Waals surface area (Å²) in [6.45, 7) is 0. The van der Waals surface area contributed by atoms with E-state index >= 15 is 0 Å². The number of benzene rings is 2. The maximum atomic E-state index is 12.2. The zero-order valence-corrected chi connectivity index (χ0v) is 12.4. The number of hydrogen-bond acceptors (Lipinski definition) is 2. The maximum Gasteiger partial charge on any atom is 0.272 e. The number of rotatable bonds is 1. The fraction of sp³-hybridized carbons (Fsp3) is 0.263. The Morgan fingerprint density at radius 2 is 1.55 bits per heavy atom. The quantitative estimate of drug-likeness (QED) is 0.692. The van der Waals surface area contributed by atoms with Crippen molar-refractivity contribution >= 4 is 10.8 Å². The first kappa shape index (κ1) is 13.3. The molecule has 0 atom stereocenters. The van der Waals surface area contributed by atoms with Gasteiger partial charge >= 0.3 is 0 Å². The van der Waals surface area contributed by atoms with E-state index in [1.165, 1.54) is 30.4 Å². The number of hydrogen-bond donors (Lipinski definition) is 1. The smallest absolute Gasteiger partial charge is 0.267 e. The van der Waals surface area contributed by atoms with Gasteiger partial charge in [-0.1, -0.05) is 36.8 Å². The van der Waals surface area contributed by atoms with E-state index in [0.717, 1.165) is 34.9 Å². The molecule has 1 aliphatic carbocycles. The molecule has 0 aliphatic heterocycles. The van der Waals surface area contributed by atoms with Gasteiger partial charge in [-0.15, -0.1) is 0 Å². The van der Waals surface area contributed by atoms with Crippen molar-refractivity contribution in [2.45, 2.75) is 32.1 Å². The largest absolute Gasteiger partial charge is 0.272 e. The van der Waals surface area contributed by atoms with Crippen molar-refractivity contribution in [3.63, 3.8) is 0 Å². The minimum Gasteiger partial charge on any atom is -0.267 e. The second kappa shape index (κ2) is 5.41. The number of aryl methyl sites for hydroxylation is 2. The average molecular weight is 290 g/mol. The molecule has 0 fully saturated rings. The fourth-order valence-corrected chi connectivity index (χ4v) is 3.39. The standard InChI is InChI=1S/C19H18N2O/c22-19-17-12-15-10-6-2-5-9-14(15)11-16(17)18(20-21-19)13-7-3-1-4-8-13/h1,3-4,7-8,11-12H,2,5-6,9-10H2,(H,21,22). The molecule has 1 aromatic heterocycles. The number of nitrogens with zero attached hydrogens (tertiary/aromatic N) is 1. The third-order valence-electron chi connectivity index (χ3n) is 4.55. The first-order valence-electron chi connectivity index (χ1n) is 7.92. The highest BCUT2D eigenvalue weighted by Crippen LogP contribution is 2.29. The Hall–Kier alpha value is -2.42. The summed E-state index contributed by atoms with van der Waals surface area (Å²) in [4.78, 5) is 12.2. The van der Waals surface area contributed by atoms with E-state index < -0.39 is 0 Å². The SMILES string of the molecule is O=c1[nH]nc(-c2ccccc2)c2cc3c(cc12)CCCCC3. The van der Waals surface area contributed by atoms with Crippen LogP contribution in [0.3, 0.4) is 0 Å². The van der Waals surface area contributed by atoms with Gasteiger partial charge in [0.05, 0.1) is 11.1 Å². The Labute approximate surface area is 129 Å². The van der Waals surface area contributed by atoms with E-state index in [9.17, 15) is 4.79 Å². The van der Waals surface area contributed by atoms with Crippen LogP contribution in [0, 0.1) is 0 Å². The Balaban J connectivity index is 2.01. The van der Waals surface area contributed by atoms with E-state index in [2.05, 4.69) is 22.3 Å². The summed E-state index contributed by atoms with van der Waals surface area (Å²) in [6.07, 6.45) is 5.90. The predicted molar refractivity (Wildman–Crippen MR) is 89.1 cm³/mol. The van der Waals surface area contributed by atoms with Crippen LogP contribution in [0.4, 0.5) is 0 Å². The van der Waals surface area contributed by atoms with E-state index in [0.29, 0.717) is 0 Å². The second-order valence-corrected chi connectivity index (χ2v) is 5.99. The van der Waals surface area contributed by atoms with Gasteiger partial charge in [0.2, 0.25) is 0 Å². The molecule has 1 aliphatic rings. The topological polar surface area (TPSA) is 45.8 Å². The molecule has 0 saturated carbocycles. The lowest BCUT2D eigenvalue weighted by Gasteiger charge is -2.10. The van der Waals surface area contributed by atoms with Gasteiger partial charge < -0.3 is 0 Å². The first-order chi connectivity index (χ1) is 10.8. The lowest BCUT2D eigenvalue weighted by atomic mass is 9.96. The summed E-state index contributed by atoms with van der Waals surface area (Å²) in [5.41, 5.74) is 4.52. The van der Waals surface area contributed by atoms with Gasteiger partial charge in [0.25, 0.3) is 5.56 Å². The van der Waals surface area contributed by atoms with Gasteiger partial charge in [-0.05, 0) is 48.9 Å². The number of nitrogens with one attached hydrogen (secondary N) is 1. The summed E-state index contributed by atoms with van der Waals surface area (Å²) in [5, 5.41) is 8.70. The summed E-state index contributed by atoms with van der Waals surface area (Å²) in [5.74, 6) is 0. The summed E-state index contributed by atoms with van der Waals surface area (Å²) < 4.78 is 0. The summed E-state index contributed by atoms with van der Waals surface area (Å²) >= 11 is 0. The van der Waals surface area contributed by atoms with Crippen molar-refractivity contribution in [2.24, 2.45) is 0 Å². The molecule has 0 amide bonds. The number of aromatic nitrogens is 2. The highest BCUT2D eigenvalue weighted by molar-refractivity contribution is 5.94. The van der Waals surface area contributed by atoms with Crippen LogP contribution >= 0.6 is 0 Å². The fourth-order valence-electron chi connectivity index (χ4n) is 3.39. The number of aromatic amines is 1. The maximum absolute atomic E-state index is 12.2. The molecular weight excluding hydrogens is 272 g/mol. The van der Waals surface area contributed by atoms with Crippen LogP contribution in [0.5, 0.6) is 0 Å². The van der Waals surface area contributed by atoms with E-state index in [1.807, 2.05) is 30.3 Å². The van der Waals surface area contributed by atoms with E-state index in [1.54, 1.807) is 0 Å². The first-order valence-corrected chi connectivity index (χ1v) is 7.92. The molecule has 3 aromatic rings. The molecule has 3 nitrogen and oxygen atoms in total. The molecule has 0 saturated heterocycles. The molecule has 3 heteroatoms. The van der Waals surface area contributed by atoms with Crippen molar-refractivity contribution in [1.82, 2.24) is 10.2 Å². The highest BCUT2D eigenvalue weighted by Gasteiger charge is 2.14. The molecule has 0 unspecified atom stereocenters. The Bertz CT molecular complexity index is 881. The Kier molecular flexibility index (Phi) is 3.26. The van der Waals surface area contributed by atoms with Crippen LogP contribution in [0.25, 0.3) is 22.0 Å². The molecular formula is C19H18N2O. The van der Waals surface area contributed by atoms with Gasteiger partial charge in [-0.25, -0.2) is 5.10 Å². The molecule has 110 valence electrons. The summed E-state index contributed by atoms with van der Waals surface area (Å²) in [7, 11) is 0. The van der Waals surface area contributed by atoms with Gasteiger partial charge in [0.1, 0.15) is 0 Å². The molecule has 4 rings (SSSR count). The zero-order chi connectivity index (χ0) is 14.9. The van der Waals surface area contributed by atoms with Crippen molar-refractivity contribution < 1.29 is 0 Å². The second-order valence-electron chi connectivity index (χ2n) is 5.99. The van der Waals surface area contributed by atoms with Crippen LogP contribution in [-0.2, 0) is 12.8 Å². The van der Waals surface area contributed by atoms with Crippen LogP contribution < -0.4 is 5.56 Å². The molecule has 1 heterocycles. The van der Waals surface area contributed by atoms with E-state index in [-0.39, 0.29) is 5.56 Å². The third kappa shape index (κ3) is 2.23. The van der Waals surface area contributed by atoms with Crippen LogP contribution in [0.1, 0.15) is 30.4 Å². The predicted octanol–water partition coefficient (Wildman–Crippen LogP) is 3.86. The van der Waals surface area contributed by atoms with Crippen molar-refractivity contribution in [3.05, 3.63) is 63.9 Å². The third-order valence-corrected chi connectivity index (χ3v) is 4.55. The van der Waals surface area contributed by atoms with Gasteiger partial charge in [-0.2, -0.15) is 5.10 Å². The average Bonchev–Trinajstić information content (AvgIpc) is 2.79.